The van der Waals surface area contributed by atoms with Gasteiger partial charge in [0, 0.05) is 12.2 Å². The molecule has 0 heterocycles. The van der Waals surface area contributed by atoms with Gasteiger partial charge in [-0.25, -0.2) is 14.4 Å². The topological polar surface area (TPSA) is 107 Å². The van der Waals surface area contributed by atoms with E-state index in [-0.39, 0.29) is 18.7 Å². The van der Waals surface area contributed by atoms with Gasteiger partial charge in [-0.15, -0.1) is 0 Å². The Hall–Kier alpha value is -4.89. The van der Waals surface area contributed by atoms with Crippen LogP contribution in [0.4, 0.5) is 0 Å². The minimum absolute atomic E-state index is 0.0710. The monoisotopic (exact) mass is 616 g/mol. The predicted octanol–water partition coefficient (Wildman–Crippen LogP) is 7.45. The van der Waals surface area contributed by atoms with Crippen LogP contribution in [0.3, 0.4) is 0 Å². The molecule has 0 aliphatic carbocycles. The van der Waals surface area contributed by atoms with Gasteiger partial charge in [0.05, 0.1) is 18.8 Å². The van der Waals surface area contributed by atoms with E-state index < -0.39 is 11.9 Å². The van der Waals surface area contributed by atoms with Crippen LogP contribution in [0.25, 0.3) is 11.1 Å². The molecule has 9 heteroatoms. The van der Waals surface area contributed by atoms with Crippen molar-refractivity contribution in [3.05, 3.63) is 104 Å². The molecule has 0 radical (unpaired) electrons. The Morgan fingerprint density at radius 2 is 1.20 bits per heavy atom. The Labute approximate surface area is 264 Å². The summed E-state index contributed by atoms with van der Waals surface area (Å²) in [5.41, 5.74) is 2.34. The van der Waals surface area contributed by atoms with Crippen LogP contribution >= 0.6 is 0 Å². The van der Waals surface area contributed by atoms with Crippen LogP contribution in [-0.4, -0.2) is 43.8 Å². The first kappa shape index (κ1) is 34.6. The van der Waals surface area contributed by atoms with E-state index in [1.807, 2.05) is 36.4 Å². The Morgan fingerprint density at radius 3 is 1.80 bits per heavy atom. The van der Waals surface area contributed by atoms with Gasteiger partial charge in [0.15, 0.2) is 0 Å². The first-order valence-electron chi connectivity index (χ1n) is 14.9. The van der Waals surface area contributed by atoms with Crippen LogP contribution in [0.2, 0.25) is 0 Å². The van der Waals surface area contributed by atoms with E-state index in [0.29, 0.717) is 36.0 Å². The molecule has 0 N–H and O–H groups in total. The third-order valence-electron chi connectivity index (χ3n) is 6.51. The fraction of sp³-hybridized carbons (Fsp3) is 0.306. The number of hydrogen-bond donors (Lipinski definition) is 0. The van der Waals surface area contributed by atoms with Gasteiger partial charge in [-0.05, 0) is 79.4 Å². The number of carbonyl (C=O) groups excluding carboxylic acids is 3. The lowest BCUT2D eigenvalue weighted by molar-refractivity contribution is -0.274. The van der Waals surface area contributed by atoms with Crippen LogP contribution in [0.15, 0.2) is 98.1 Å². The SMILES string of the molecule is C=CC(=O)OCCCCCCCCOc1ccc(C(=O)Oc2ccc(-c3ccc(O[C@@H](C)COOC(=O)C=C)cc3)cc2)cc1. The molecule has 0 fully saturated rings. The molecule has 9 nitrogen and oxygen atoms in total. The van der Waals surface area contributed by atoms with Gasteiger partial charge in [-0.1, -0.05) is 63.1 Å². The maximum absolute atomic E-state index is 12.7. The lowest BCUT2D eigenvalue weighted by atomic mass is 10.1. The van der Waals surface area contributed by atoms with E-state index in [2.05, 4.69) is 18.0 Å². The number of esters is 2. The summed E-state index contributed by atoms with van der Waals surface area (Å²) in [6.45, 7) is 9.57. The van der Waals surface area contributed by atoms with Gasteiger partial charge in [0.2, 0.25) is 0 Å². The van der Waals surface area contributed by atoms with E-state index in [1.165, 1.54) is 6.08 Å². The van der Waals surface area contributed by atoms with Crippen LogP contribution in [0.5, 0.6) is 17.2 Å². The molecular formula is C36H40O9. The van der Waals surface area contributed by atoms with Crippen molar-refractivity contribution in [2.75, 3.05) is 19.8 Å². The van der Waals surface area contributed by atoms with Crippen molar-refractivity contribution in [3.63, 3.8) is 0 Å². The number of ether oxygens (including phenoxy) is 4. The highest BCUT2D eigenvalue weighted by atomic mass is 17.2. The third-order valence-corrected chi connectivity index (χ3v) is 6.51. The van der Waals surface area contributed by atoms with Crippen LogP contribution in [0.1, 0.15) is 55.8 Å². The molecule has 45 heavy (non-hydrogen) atoms. The normalized spacial score (nSPS) is 11.1. The summed E-state index contributed by atoms with van der Waals surface area (Å²) >= 11 is 0. The molecule has 0 amide bonds. The molecule has 0 aromatic heterocycles. The first-order chi connectivity index (χ1) is 21.9. The van der Waals surface area contributed by atoms with Gasteiger partial charge in [-0.2, -0.15) is 4.89 Å². The fourth-order valence-electron chi connectivity index (χ4n) is 4.12. The molecule has 1 atom stereocenters. The molecule has 0 spiro atoms. The van der Waals surface area contributed by atoms with Crippen molar-refractivity contribution >= 4 is 17.9 Å². The summed E-state index contributed by atoms with van der Waals surface area (Å²) in [7, 11) is 0. The Morgan fingerprint density at radius 1 is 0.667 bits per heavy atom. The van der Waals surface area contributed by atoms with Crippen molar-refractivity contribution in [2.45, 2.75) is 51.6 Å². The lowest BCUT2D eigenvalue weighted by Gasteiger charge is -2.14. The zero-order valence-corrected chi connectivity index (χ0v) is 25.6. The quantitative estimate of drug-likeness (QED) is 0.0319. The molecule has 0 saturated heterocycles. The summed E-state index contributed by atoms with van der Waals surface area (Å²) in [5, 5.41) is 0. The molecule has 0 aliphatic rings. The summed E-state index contributed by atoms with van der Waals surface area (Å²) in [6, 6.07) is 21.7. The fourth-order valence-corrected chi connectivity index (χ4v) is 4.12. The number of carbonyl (C=O) groups is 3. The van der Waals surface area contributed by atoms with E-state index in [0.717, 1.165) is 55.7 Å². The minimum Gasteiger partial charge on any atom is -0.494 e. The zero-order chi connectivity index (χ0) is 32.3. The zero-order valence-electron chi connectivity index (χ0n) is 25.6. The Kier molecular flexibility index (Phi) is 14.9. The van der Waals surface area contributed by atoms with Crippen molar-refractivity contribution < 1.29 is 43.1 Å². The molecule has 0 saturated carbocycles. The molecular weight excluding hydrogens is 576 g/mol. The van der Waals surface area contributed by atoms with Crippen LogP contribution in [0, 0.1) is 0 Å². The lowest BCUT2D eigenvalue weighted by Crippen LogP contribution is -2.20. The first-order valence-corrected chi connectivity index (χ1v) is 14.9. The van der Waals surface area contributed by atoms with E-state index in [9.17, 15) is 14.4 Å². The van der Waals surface area contributed by atoms with Crippen molar-refractivity contribution in [3.8, 4) is 28.4 Å². The maximum atomic E-state index is 12.7. The summed E-state index contributed by atoms with van der Waals surface area (Å²) in [6.07, 6.45) is 7.92. The van der Waals surface area contributed by atoms with Gasteiger partial charge in [0.1, 0.15) is 30.0 Å². The Balaban J connectivity index is 1.34. The highest BCUT2D eigenvalue weighted by Crippen LogP contribution is 2.26. The van der Waals surface area contributed by atoms with Gasteiger partial charge >= 0.3 is 17.9 Å². The highest BCUT2D eigenvalue weighted by molar-refractivity contribution is 5.91. The molecule has 3 aromatic carbocycles. The van der Waals surface area contributed by atoms with Crippen LogP contribution in [-0.2, 0) is 24.1 Å². The summed E-state index contributed by atoms with van der Waals surface area (Å²) in [4.78, 5) is 44.0. The molecule has 0 unspecified atom stereocenters. The smallest absolute Gasteiger partial charge is 0.365 e. The van der Waals surface area contributed by atoms with E-state index in [4.69, 9.17) is 23.8 Å². The van der Waals surface area contributed by atoms with Crippen molar-refractivity contribution in [2.24, 2.45) is 0 Å². The van der Waals surface area contributed by atoms with E-state index >= 15 is 0 Å². The summed E-state index contributed by atoms with van der Waals surface area (Å²) < 4.78 is 22.1. The maximum Gasteiger partial charge on any atom is 0.365 e. The second kappa shape index (κ2) is 19.4. The van der Waals surface area contributed by atoms with Gasteiger partial charge in [0.25, 0.3) is 0 Å². The van der Waals surface area contributed by atoms with Gasteiger partial charge in [-0.3, -0.25) is 4.89 Å². The average molecular weight is 617 g/mol. The largest absolute Gasteiger partial charge is 0.494 e. The molecule has 3 aromatic rings. The number of benzene rings is 3. The van der Waals surface area contributed by atoms with Crippen molar-refractivity contribution in [1.82, 2.24) is 0 Å². The van der Waals surface area contributed by atoms with E-state index in [1.54, 1.807) is 43.3 Å². The molecule has 3 rings (SSSR count). The average Bonchev–Trinajstić information content (AvgIpc) is 3.06. The molecule has 0 aliphatic heterocycles. The second-order valence-electron chi connectivity index (χ2n) is 10.1. The second-order valence-corrected chi connectivity index (χ2v) is 10.1. The van der Waals surface area contributed by atoms with Crippen molar-refractivity contribution in [1.29, 1.82) is 0 Å². The number of unbranched alkanes of at least 4 members (excludes halogenated alkanes) is 5. The Bertz CT molecular complexity index is 1360. The molecule has 0 bridgehead atoms. The number of hydrogen-bond acceptors (Lipinski definition) is 9. The third kappa shape index (κ3) is 13.1. The predicted molar refractivity (Wildman–Crippen MR) is 170 cm³/mol. The van der Waals surface area contributed by atoms with Crippen LogP contribution < -0.4 is 14.2 Å². The highest BCUT2D eigenvalue weighted by Gasteiger charge is 2.10. The van der Waals surface area contributed by atoms with Gasteiger partial charge < -0.3 is 18.9 Å². The molecule has 238 valence electrons. The minimum atomic E-state index is -0.665. The standard InChI is InChI=1S/C36H40O9/c1-4-34(37)41-25-11-9-7-6-8-10-24-40-31-18-16-30(17-19-31)36(39)44-33-22-14-29(15-23-33)28-12-20-32(21-13-28)43-27(3)26-42-45-35(38)5-2/h4-5,12-23,27H,1-2,6-11,24-26H2,3H3/t27-/m0/s1. The summed E-state index contributed by atoms with van der Waals surface area (Å²) in [5.74, 6) is 0.290. The number of rotatable bonds is 20.